The second-order valence-electron chi connectivity index (χ2n) is 30.8. The molecule has 0 heterocycles. The Labute approximate surface area is 626 Å². The number of rotatable bonds is 82. The lowest BCUT2D eigenvalue weighted by atomic mass is 10.0. The van der Waals surface area contributed by atoms with Crippen molar-refractivity contribution in [1.82, 2.24) is 0 Å². The van der Waals surface area contributed by atoms with E-state index in [1.807, 2.05) is 0 Å². The van der Waals surface area contributed by atoms with Crippen molar-refractivity contribution >= 4 is 39.5 Å². The van der Waals surface area contributed by atoms with Crippen molar-refractivity contribution < 1.29 is 80.2 Å². The number of unbranched alkanes of at least 4 members (excludes halogenated alkanes) is 52. The van der Waals surface area contributed by atoms with Crippen LogP contribution in [0.5, 0.6) is 0 Å². The minimum absolute atomic E-state index is 0.105. The number of aliphatic hydroxyl groups is 1. The van der Waals surface area contributed by atoms with Crippen molar-refractivity contribution in [2.75, 3.05) is 39.6 Å². The molecule has 0 aromatic rings. The van der Waals surface area contributed by atoms with Gasteiger partial charge in [0.05, 0.1) is 26.4 Å². The first-order chi connectivity index (χ1) is 49.4. The summed E-state index contributed by atoms with van der Waals surface area (Å²) in [5.41, 5.74) is 0. The number of carbonyl (C=O) groups is 4. The van der Waals surface area contributed by atoms with Gasteiger partial charge in [-0.25, -0.2) is 9.13 Å². The van der Waals surface area contributed by atoms with E-state index in [0.717, 1.165) is 102 Å². The predicted molar refractivity (Wildman–Crippen MR) is 418 cm³/mol. The van der Waals surface area contributed by atoms with E-state index in [9.17, 15) is 43.2 Å². The van der Waals surface area contributed by atoms with Gasteiger partial charge >= 0.3 is 39.5 Å². The summed E-state index contributed by atoms with van der Waals surface area (Å²) in [6.07, 6.45) is 65.6. The van der Waals surface area contributed by atoms with E-state index in [1.54, 1.807) is 0 Å². The molecule has 102 heavy (non-hydrogen) atoms. The van der Waals surface area contributed by atoms with Crippen LogP contribution in [0.3, 0.4) is 0 Å². The van der Waals surface area contributed by atoms with E-state index >= 15 is 0 Å². The average molecular weight is 1490 g/mol. The predicted octanol–water partition coefficient (Wildman–Crippen LogP) is 25.1. The number of aliphatic hydroxyl groups excluding tert-OH is 1. The standard InChI is InChI=1S/C83H162O17P2/c1-7-9-11-13-15-17-18-19-20-21-22-23-24-28-31-34-37-41-48-54-60-66-81(86)94-72-78(99-82(87)67-61-55-49-42-38-35-32-29-26-25-27-30-33-36-40-45-51-57-63-75(3)4)73-97-101(89,90)95-69-77(84)70-96-102(91,92)98-74-79(71-93-80(85)65-59-53-47-39-16-14-12-10-8-2)100-83(88)68-62-56-50-44-43-46-52-58-64-76(5)6/h75-79,84H,7-74H2,1-6H3,(H,89,90)(H,91,92)/t77-,78-,79-/m1/s1. The molecule has 19 heteroatoms. The zero-order valence-electron chi connectivity index (χ0n) is 66.9. The zero-order chi connectivity index (χ0) is 74.9. The maximum absolute atomic E-state index is 13.1. The largest absolute Gasteiger partial charge is 0.472 e. The Bertz CT molecular complexity index is 1960. The van der Waals surface area contributed by atoms with Crippen LogP contribution in [0.25, 0.3) is 0 Å². The Kier molecular flexibility index (Phi) is 73.1. The van der Waals surface area contributed by atoms with Crippen LogP contribution >= 0.6 is 15.6 Å². The quantitative estimate of drug-likeness (QED) is 0.0222. The Morgan fingerprint density at radius 1 is 0.265 bits per heavy atom. The minimum atomic E-state index is -4.96. The summed E-state index contributed by atoms with van der Waals surface area (Å²) in [6.45, 7) is 9.61. The summed E-state index contributed by atoms with van der Waals surface area (Å²) in [5, 5.41) is 10.6. The van der Waals surface area contributed by atoms with E-state index in [4.69, 9.17) is 37.0 Å². The number of hydrogen-bond donors (Lipinski definition) is 3. The number of phosphoric acid groups is 2. The lowest BCUT2D eigenvalue weighted by Gasteiger charge is -2.21. The van der Waals surface area contributed by atoms with Gasteiger partial charge in [0.1, 0.15) is 19.3 Å². The topological polar surface area (TPSA) is 237 Å². The second-order valence-corrected chi connectivity index (χ2v) is 33.7. The minimum Gasteiger partial charge on any atom is -0.462 e. The third-order valence-electron chi connectivity index (χ3n) is 19.5. The van der Waals surface area contributed by atoms with Gasteiger partial charge in [-0.15, -0.1) is 0 Å². The Morgan fingerprint density at radius 3 is 0.667 bits per heavy atom. The first-order valence-corrected chi connectivity index (χ1v) is 46.0. The Morgan fingerprint density at radius 2 is 0.451 bits per heavy atom. The van der Waals surface area contributed by atoms with Crippen molar-refractivity contribution in [2.45, 2.75) is 458 Å². The molecule has 606 valence electrons. The highest BCUT2D eigenvalue weighted by Gasteiger charge is 2.30. The van der Waals surface area contributed by atoms with Crippen LogP contribution in [0.2, 0.25) is 0 Å². The maximum atomic E-state index is 13.1. The van der Waals surface area contributed by atoms with Crippen LogP contribution in [0.15, 0.2) is 0 Å². The molecule has 0 saturated heterocycles. The zero-order valence-corrected chi connectivity index (χ0v) is 68.7. The smallest absolute Gasteiger partial charge is 0.462 e. The molecule has 0 bridgehead atoms. The molecule has 0 aliphatic rings. The monoisotopic (exact) mass is 1490 g/mol. The molecule has 0 fully saturated rings. The molecular formula is C83H162O17P2. The van der Waals surface area contributed by atoms with Crippen LogP contribution < -0.4 is 0 Å². The van der Waals surface area contributed by atoms with Gasteiger partial charge in [0.15, 0.2) is 12.2 Å². The van der Waals surface area contributed by atoms with Crippen LogP contribution in [0.4, 0.5) is 0 Å². The van der Waals surface area contributed by atoms with E-state index in [-0.39, 0.29) is 25.7 Å². The summed E-state index contributed by atoms with van der Waals surface area (Å²) in [6, 6.07) is 0. The maximum Gasteiger partial charge on any atom is 0.472 e. The normalized spacial score (nSPS) is 13.9. The van der Waals surface area contributed by atoms with E-state index in [1.165, 1.54) is 257 Å². The molecule has 0 aliphatic carbocycles. The van der Waals surface area contributed by atoms with Gasteiger partial charge in [0.2, 0.25) is 0 Å². The molecule has 2 unspecified atom stereocenters. The summed E-state index contributed by atoms with van der Waals surface area (Å²) in [4.78, 5) is 73.0. The van der Waals surface area contributed by atoms with Crippen molar-refractivity contribution in [1.29, 1.82) is 0 Å². The van der Waals surface area contributed by atoms with Crippen LogP contribution in [-0.4, -0.2) is 96.7 Å². The molecule has 17 nitrogen and oxygen atoms in total. The molecule has 0 aliphatic heterocycles. The molecule has 0 aromatic heterocycles. The van der Waals surface area contributed by atoms with E-state index < -0.39 is 97.5 Å². The van der Waals surface area contributed by atoms with Gasteiger partial charge in [-0.05, 0) is 37.5 Å². The molecule has 0 aromatic carbocycles. The van der Waals surface area contributed by atoms with Crippen molar-refractivity contribution in [3.63, 3.8) is 0 Å². The lowest BCUT2D eigenvalue weighted by molar-refractivity contribution is -0.161. The summed E-state index contributed by atoms with van der Waals surface area (Å²) in [7, 11) is -9.92. The first-order valence-electron chi connectivity index (χ1n) is 43.0. The molecular weight excluding hydrogens is 1330 g/mol. The molecule has 0 rings (SSSR count). The summed E-state index contributed by atoms with van der Waals surface area (Å²) in [5.74, 6) is -0.572. The highest BCUT2D eigenvalue weighted by molar-refractivity contribution is 7.47. The molecule has 0 spiro atoms. The van der Waals surface area contributed by atoms with Crippen LogP contribution in [0, 0.1) is 11.8 Å². The molecule has 0 saturated carbocycles. The van der Waals surface area contributed by atoms with Crippen molar-refractivity contribution in [3.8, 4) is 0 Å². The van der Waals surface area contributed by atoms with Gasteiger partial charge in [0.25, 0.3) is 0 Å². The highest BCUT2D eigenvalue weighted by Crippen LogP contribution is 2.45. The van der Waals surface area contributed by atoms with Gasteiger partial charge in [-0.2, -0.15) is 0 Å². The summed E-state index contributed by atoms with van der Waals surface area (Å²) >= 11 is 0. The molecule has 0 amide bonds. The third kappa shape index (κ3) is 76.3. The Hall–Kier alpha value is -1.94. The molecule has 3 N–H and O–H groups in total. The van der Waals surface area contributed by atoms with E-state index in [2.05, 4.69) is 41.5 Å². The number of ether oxygens (including phenoxy) is 4. The fourth-order valence-electron chi connectivity index (χ4n) is 12.9. The number of hydrogen-bond acceptors (Lipinski definition) is 15. The Balaban J connectivity index is 5.17. The number of phosphoric ester groups is 2. The average Bonchev–Trinajstić information content (AvgIpc) is 0.954. The lowest BCUT2D eigenvalue weighted by Crippen LogP contribution is -2.30. The SMILES string of the molecule is CCCCCCCCCCCCCCCCCCCCCCCC(=O)OC[C@H](COP(=O)(O)OC[C@@H](O)COP(=O)(O)OC[C@@H](COC(=O)CCCCCCCCCCC)OC(=O)CCCCCCCCCCC(C)C)OC(=O)CCCCCCCCCCCCCCCCCCCCC(C)C. The highest BCUT2D eigenvalue weighted by atomic mass is 31.2. The third-order valence-corrected chi connectivity index (χ3v) is 21.4. The van der Waals surface area contributed by atoms with Gasteiger partial charge in [0, 0.05) is 25.7 Å². The van der Waals surface area contributed by atoms with Crippen molar-refractivity contribution in [2.24, 2.45) is 11.8 Å². The fourth-order valence-corrected chi connectivity index (χ4v) is 14.5. The van der Waals surface area contributed by atoms with Crippen LogP contribution in [-0.2, 0) is 65.4 Å². The molecule has 5 atom stereocenters. The van der Waals surface area contributed by atoms with Crippen LogP contribution in [0.1, 0.15) is 440 Å². The second kappa shape index (κ2) is 74.5. The van der Waals surface area contributed by atoms with Gasteiger partial charge in [-0.1, -0.05) is 388 Å². The number of esters is 4. The first kappa shape index (κ1) is 100. The number of carbonyl (C=O) groups excluding carboxylic acids is 4. The summed E-state index contributed by atoms with van der Waals surface area (Å²) < 4.78 is 68.7. The van der Waals surface area contributed by atoms with E-state index in [0.29, 0.717) is 25.7 Å². The van der Waals surface area contributed by atoms with Crippen molar-refractivity contribution in [3.05, 3.63) is 0 Å². The fraction of sp³-hybridized carbons (Fsp3) is 0.952. The molecule has 0 radical (unpaired) electrons. The van der Waals surface area contributed by atoms with Gasteiger partial charge in [-0.3, -0.25) is 37.3 Å². The van der Waals surface area contributed by atoms with Gasteiger partial charge < -0.3 is 33.8 Å².